The highest BCUT2D eigenvalue weighted by Gasteiger charge is 2.33. The predicted molar refractivity (Wildman–Crippen MR) is 78.7 cm³/mol. The van der Waals surface area contributed by atoms with Gasteiger partial charge in [0, 0.05) is 22.3 Å². The largest absolute Gasteiger partial charge is 0.289 e. The minimum Gasteiger partial charge on any atom is -0.289 e. The fraction of sp³-hybridized carbons (Fsp3) is 0.222. The van der Waals surface area contributed by atoms with Crippen molar-refractivity contribution in [3.63, 3.8) is 0 Å². The lowest BCUT2D eigenvalue weighted by Gasteiger charge is -2.24. The Bertz CT molecular complexity index is 716. The molecule has 0 bridgehead atoms. The maximum absolute atomic E-state index is 12.7. The van der Waals surface area contributed by atoms with Crippen molar-refractivity contribution in [2.75, 3.05) is 0 Å². The molecule has 3 rings (SSSR count). The van der Waals surface area contributed by atoms with Gasteiger partial charge in [0.1, 0.15) is 0 Å². The minimum absolute atomic E-state index is 0.0288. The van der Waals surface area contributed by atoms with E-state index in [9.17, 15) is 9.59 Å². The predicted octanol–water partition coefficient (Wildman–Crippen LogP) is 3.70. The average molecular weight is 264 g/mol. The first-order chi connectivity index (χ1) is 9.45. The van der Waals surface area contributed by atoms with Crippen molar-refractivity contribution in [3.05, 3.63) is 68.8 Å². The molecular formula is C18H16O2. The first-order valence-corrected chi connectivity index (χ1v) is 6.74. The molecule has 0 atom stereocenters. The van der Waals surface area contributed by atoms with Crippen LogP contribution >= 0.6 is 0 Å². The Balaban J connectivity index is 2.46. The van der Waals surface area contributed by atoms with Crippen LogP contribution in [0.15, 0.2) is 24.3 Å². The topological polar surface area (TPSA) is 34.1 Å². The summed E-state index contributed by atoms with van der Waals surface area (Å²) in [6, 6.07) is 7.08. The zero-order chi connectivity index (χ0) is 14.6. The molecule has 2 aromatic carbocycles. The van der Waals surface area contributed by atoms with Crippen LogP contribution in [0.25, 0.3) is 0 Å². The lowest BCUT2D eigenvalue weighted by atomic mass is 9.77. The maximum Gasteiger partial charge on any atom is 0.194 e. The summed E-state index contributed by atoms with van der Waals surface area (Å²) in [6.45, 7) is 7.88. The van der Waals surface area contributed by atoms with E-state index in [-0.39, 0.29) is 11.6 Å². The Morgan fingerprint density at radius 1 is 0.600 bits per heavy atom. The van der Waals surface area contributed by atoms with Gasteiger partial charge in [0.15, 0.2) is 11.6 Å². The molecule has 100 valence electrons. The number of ketones is 2. The molecule has 1 aliphatic rings. The van der Waals surface area contributed by atoms with E-state index in [1.807, 2.05) is 27.7 Å². The summed E-state index contributed by atoms with van der Waals surface area (Å²) in [6.07, 6.45) is 0. The van der Waals surface area contributed by atoms with Gasteiger partial charge in [-0.1, -0.05) is 24.3 Å². The summed E-state index contributed by atoms with van der Waals surface area (Å²) >= 11 is 0. The number of carbonyl (C=O) groups is 2. The summed E-state index contributed by atoms with van der Waals surface area (Å²) in [5.41, 5.74) is 6.28. The van der Waals surface area contributed by atoms with Gasteiger partial charge in [0.05, 0.1) is 0 Å². The lowest BCUT2D eigenvalue weighted by molar-refractivity contribution is 0.0978. The smallest absolute Gasteiger partial charge is 0.194 e. The van der Waals surface area contributed by atoms with Gasteiger partial charge in [-0.25, -0.2) is 0 Å². The molecule has 0 unspecified atom stereocenters. The van der Waals surface area contributed by atoms with E-state index in [1.165, 1.54) is 0 Å². The molecule has 2 heteroatoms. The normalized spacial score (nSPS) is 13.2. The monoisotopic (exact) mass is 264 g/mol. The van der Waals surface area contributed by atoms with Crippen LogP contribution in [-0.4, -0.2) is 11.6 Å². The third-order valence-electron chi connectivity index (χ3n) is 4.56. The molecule has 0 radical (unpaired) electrons. The van der Waals surface area contributed by atoms with Crippen molar-refractivity contribution in [1.29, 1.82) is 0 Å². The second-order valence-corrected chi connectivity index (χ2v) is 5.45. The molecule has 0 aromatic heterocycles. The highest BCUT2D eigenvalue weighted by molar-refractivity contribution is 6.29. The van der Waals surface area contributed by atoms with Crippen LogP contribution in [0, 0.1) is 27.7 Å². The highest BCUT2D eigenvalue weighted by atomic mass is 16.1. The van der Waals surface area contributed by atoms with Crippen LogP contribution in [0.2, 0.25) is 0 Å². The molecule has 0 aliphatic heterocycles. The molecule has 0 saturated heterocycles. The second kappa shape index (κ2) is 4.14. The van der Waals surface area contributed by atoms with Crippen molar-refractivity contribution >= 4 is 11.6 Å². The van der Waals surface area contributed by atoms with Crippen LogP contribution in [0.4, 0.5) is 0 Å². The molecule has 0 heterocycles. The van der Waals surface area contributed by atoms with Crippen molar-refractivity contribution in [2.45, 2.75) is 27.7 Å². The SMILES string of the molecule is Cc1c(C)c(C)c2c(c1C)C(=O)c1ccccc1C2=O. The Morgan fingerprint density at radius 2 is 0.950 bits per heavy atom. The summed E-state index contributed by atoms with van der Waals surface area (Å²) in [5, 5.41) is 0. The number of hydrogen-bond acceptors (Lipinski definition) is 2. The summed E-state index contributed by atoms with van der Waals surface area (Å²) in [7, 11) is 0. The van der Waals surface area contributed by atoms with Crippen LogP contribution < -0.4 is 0 Å². The van der Waals surface area contributed by atoms with Crippen molar-refractivity contribution in [3.8, 4) is 0 Å². The van der Waals surface area contributed by atoms with Crippen LogP contribution in [-0.2, 0) is 0 Å². The van der Waals surface area contributed by atoms with Gasteiger partial charge in [-0.3, -0.25) is 9.59 Å². The molecule has 0 fully saturated rings. The number of benzene rings is 2. The van der Waals surface area contributed by atoms with E-state index in [0.29, 0.717) is 22.3 Å². The maximum atomic E-state index is 12.7. The quantitative estimate of drug-likeness (QED) is 0.620. The van der Waals surface area contributed by atoms with E-state index in [4.69, 9.17) is 0 Å². The van der Waals surface area contributed by atoms with E-state index in [0.717, 1.165) is 22.3 Å². The van der Waals surface area contributed by atoms with E-state index in [1.54, 1.807) is 24.3 Å². The van der Waals surface area contributed by atoms with Crippen LogP contribution in [0.5, 0.6) is 0 Å². The van der Waals surface area contributed by atoms with Gasteiger partial charge in [-0.15, -0.1) is 0 Å². The number of hydrogen-bond donors (Lipinski definition) is 0. The van der Waals surface area contributed by atoms with Gasteiger partial charge in [0.25, 0.3) is 0 Å². The van der Waals surface area contributed by atoms with Crippen LogP contribution in [0.3, 0.4) is 0 Å². The van der Waals surface area contributed by atoms with Gasteiger partial charge in [0.2, 0.25) is 0 Å². The summed E-state index contributed by atoms with van der Waals surface area (Å²) < 4.78 is 0. The molecule has 0 amide bonds. The summed E-state index contributed by atoms with van der Waals surface area (Å²) in [5.74, 6) is -0.0576. The third kappa shape index (κ3) is 1.45. The first-order valence-electron chi connectivity index (χ1n) is 6.74. The van der Waals surface area contributed by atoms with Gasteiger partial charge >= 0.3 is 0 Å². The van der Waals surface area contributed by atoms with Crippen molar-refractivity contribution < 1.29 is 9.59 Å². The highest BCUT2D eigenvalue weighted by Crippen LogP contribution is 2.34. The number of rotatable bonds is 0. The van der Waals surface area contributed by atoms with E-state index in [2.05, 4.69) is 0 Å². The fourth-order valence-corrected chi connectivity index (χ4v) is 3.03. The number of carbonyl (C=O) groups excluding carboxylic acids is 2. The molecule has 0 N–H and O–H groups in total. The molecule has 1 aliphatic carbocycles. The fourth-order valence-electron chi connectivity index (χ4n) is 3.03. The molecule has 2 aromatic rings. The molecule has 0 spiro atoms. The second-order valence-electron chi connectivity index (χ2n) is 5.45. The molecule has 2 nitrogen and oxygen atoms in total. The Hall–Kier alpha value is -2.22. The van der Waals surface area contributed by atoms with E-state index < -0.39 is 0 Å². The molecule has 0 saturated carbocycles. The molecule has 20 heavy (non-hydrogen) atoms. The number of fused-ring (bicyclic) bond motifs is 2. The van der Waals surface area contributed by atoms with Gasteiger partial charge < -0.3 is 0 Å². The Morgan fingerprint density at radius 3 is 1.30 bits per heavy atom. The minimum atomic E-state index is -0.0288. The zero-order valence-corrected chi connectivity index (χ0v) is 12.1. The van der Waals surface area contributed by atoms with Crippen LogP contribution in [0.1, 0.15) is 54.1 Å². The van der Waals surface area contributed by atoms with Crippen molar-refractivity contribution in [1.82, 2.24) is 0 Å². The third-order valence-corrected chi connectivity index (χ3v) is 4.56. The van der Waals surface area contributed by atoms with Crippen molar-refractivity contribution in [2.24, 2.45) is 0 Å². The average Bonchev–Trinajstić information content (AvgIpc) is 2.46. The standard InChI is InChI=1S/C18H16O2/c1-9-10(2)12(4)16-15(11(9)3)17(19)13-7-5-6-8-14(13)18(16)20/h5-8H,1-4H3. The Kier molecular flexibility index (Phi) is 2.65. The van der Waals surface area contributed by atoms with Gasteiger partial charge in [-0.2, -0.15) is 0 Å². The summed E-state index contributed by atoms with van der Waals surface area (Å²) in [4.78, 5) is 25.5. The van der Waals surface area contributed by atoms with E-state index >= 15 is 0 Å². The molecular weight excluding hydrogens is 248 g/mol. The lowest BCUT2D eigenvalue weighted by Crippen LogP contribution is -2.24. The Labute approximate surface area is 118 Å². The zero-order valence-electron chi connectivity index (χ0n) is 12.1. The van der Waals surface area contributed by atoms with Gasteiger partial charge in [-0.05, 0) is 49.9 Å². The first kappa shape index (κ1) is 12.8.